The molecule has 1 aromatic heterocycles. The Bertz CT molecular complexity index is 1430. The third-order valence-corrected chi connectivity index (χ3v) is 12.1. The Hall–Kier alpha value is -2.06. The van der Waals surface area contributed by atoms with Crippen LogP contribution in [0.5, 0.6) is 0 Å². The summed E-state index contributed by atoms with van der Waals surface area (Å²) in [6, 6.07) is 8.73. The van der Waals surface area contributed by atoms with Crippen LogP contribution in [0.2, 0.25) is 0 Å². The highest BCUT2D eigenvalue weighted by Gasteiger charge is 2.41. The highest BCUT2D eigenvalue weighted by molar-refractivity contribution is 8.06. The Labute approximate surface area is 237 Å². The third-order valence-electron chi connectivity index (χ3n) is 8.43. The number of carbonyl (C=O) groups excluding carboxylic acids is 1. The number of aromatic nitrogens is 2. The minimum Gasteiger partial charge on any atom is -0.348 e. The molecule has 2 unspecified atom stereocenters. The van der Waals surface area contributed by atoms with Crippen molar-refractivity contribution in [3.63, 3.8) is 0 Å². The largest absolute Gasteiger partial charge is 0.348 e. The van der Waals surface area contributed by atoms with E-state index < -0.39 is 24.9 Å². The number of benzene rings is 1. The Morgan fingerprint density at radius 1 is 1.02 bits per heavy atom. The highest BCUT2D eigenvalue weighted by atomic mass is 32.3. The Balaban J connectivity index is 1.14. The second-order valence-electron chi connectivity index (χ2n) is 12.1. The summed E-state index contributed by atoms with van der Waals surface area (Å²) in [5.74, 6) is -0.105. The molecule has 2 aromatic rings. The van der Waals surface area contributed by atoms with Crippen molar-refractivity contribution in [1.82, 2.24) is 29.6 Å². The maximum absolute atomic E-state index is 13.3. The molecule has 40 heavy (non-hydrogen) atoms. The van der Waals surface area contributed by atoms with Gasteiger partial charge in [0.15, 0.2) is 20.6 Å². The van der Waals surface area contributed by atoms with Crippen LogP contribution in [0.15, 0.2) is 24.3 Å². The molecule has 1 amide bonds. The van der Waals surface area contributed by atoms with Gasteiger partial charge in [0, 0.05) is 61.5 Å². The van der Waals surface area contributed by atoms with Gasteiger partial charge in [-0.25, -0.2) is 21.6 Å². The van der Waals surface area contributed by atoms with Gasteiger partial charge in [0.1, 0.15) is 0 Å². The van der Waals surface area contributed by atoms with Crippen molar-refractivity contribution in [2.24, 2.45) is 0 Å². The number of para-hydroxylation sites is 1. The van der Waals surface area contributed by atoms with Crippen molar-refractivity contribution in [1.29, 1.82) is 0 Å². The molecule has 3 saturated heterocycles. The van der Waals surface area contributed by atoms with Crippen LogP contribution in [-0.4, -0.2) is 104 Å². The average Bonchev–Trinajstić information content (AvgIpc) is 3.36. The van der Waals surface area contributed by atoms with Crippen LogP contribution in [0, 0.1) is 0 Å². The van der Waals surface area contributed by atoms with E-state index in [1.54, 1.807) is 0 Å². The van der Waals surface area contributed by atoms with Crippen molar-refractivity contribution in [3.8, 4) is 0 Å². The van der Waals surface area contributed by atoms with Gasteiger partial charge in [0.05, 0.1) is 5.52 Å². The van der Waals surface area contributed by atoms with E-state index in [1.807, 2.05) is 28.9 Å². The van der Waals surface area contributed by atoms with Gasteiger partial charge in [-0.05, 0) is 65.0 Å². The Morgan fingerprint density at radius 3 is 2.40 bits per heavy atom. The first-order valence-electron chi connectivity index (χ1n) is 14.3. The molecule has 3 aliphatic rings. The van der Waals surface area contributed by atoms with Gasteiger partial charge in [0.2, 0.25) is 10.0 Å². The monoisotopic (exact) mass is 594 g/mol. The summed E-state index contributed by atoms with van der Waals surface area (Å²) in [6.07, 6.45) is 6.59. The van der Waals surface area contributed by atoms with E-state index in [2.05, 4.69) is 38.8 Å². The van der Waals surface area contributed by atoms with Gasteiger partial charge in [-0.2, -0.15) is 5.10 Å². The quantitative estimate of drug-likeness (QED) is 0.425. The summed E-state index contributed by atoms with van der Waals surface area (Å²) < 4.78 is 52.0. The van der Waals surface area contributed by atoms with E-state index in [1.165, 1.54) is 0 Å². The first-order chi connectivity index (χ1) is 18.9. The predicted molar refractivity (Wildman–Crippen MR) is 155 cm³/mol. The number of piperidine rings is 2. The van der Waals surface area contributed by atoms with Crippen molar-refractivity contribution >= 4 is 36.7 Å². The van der Waals surface area contributed by atoms with Crippen LogP contribution in [0.3, 0.4) is 0 Å². The predicted octanol–water partition coefficient (Wildman–Crippen LogP) is 1.73. The molecule has 0 saturated carbocycles. The second kappa shape index (κ2) is 11.7. The molecule has 11 nitrogen and oxygen atoms in total. The van der Waals surface area contributed by atoms with Gasteiger partial charge in [-0.15, -0.1) is 0 Å². The van der Waals surface area contributed by atoms with Crippen molar-refractivity contribution in [2.75, 3.05) is 37.5 Å². The smallest absolute Gasteiger partial charge is 0.272 e. The summed E-state index contributed by atoms with van der Waals surface area (Å²) in [5, 5.41) is 7.96. The van der Waals surface area contributed by atoms with Gasteiger partial charge in [-0.3, -0.25) is 14.4 Å². The standard InChI is InChI=1S/C27H42N6O5S2/c1-19(2)33-25-9-5-4-8-24(25)26(29-33)27(34)28-21-15-22-10-11-23(16-21)32(22)14-13-31-12-6-7-20(17-31)30-40(37,38)18-39(3,35)36/h4-5,8-9,19-23,30H,6-7,10-18H2,1-3H3,(H,28,34)/t20-,21?,22?,23?/m0/s1. The lowest BCUT2D eigenvalue weighted by Crippen LogP contribution is -2.54. The van der Waals surface area contributed by atoms with E-state index in [-0.39, 0.29) is 24.0 Å². The summed E-state index contributed by atoms with van der Waals surface area (Å²) in [7, 11) is -7.49. The summed E-state index contributed by atoms with van der Waals surface area (Å²) in [5.41, 5.74) is 1.46. The van der Waals surface area contributed by atoms with Gasteiger partial charge in [0.25, 0.3) is 5.91 Å². The Kier molecular flexibility index (Phi) is 8.59. The first kappa shape index (κ1) is 29.4. The molecule has 3 atom stereocenters. The minimum atomic E-state index is -3.87. The molecular weight excluding hydrogens is 552 g/mol. The first-order valence-corrected chi connectivity index (χ1v) is 18.0. The molecule has 4 heterocycles. The van der Waals surface area contributed by atoms with Crippen LogP contribution < -0.4 is 10.0 Å². The molecule has 0 radical (unpaired) electrons. The molecule has 1 aromatic carbocycles. The maximum Gasteiger partial charge on any atom is 0.272 e. The maximum atomic E-state index is 13.3. The van der Waals surface area contributed by atoms with E-state index in [9.17, 15) is 21.6 Å². The SMILES string of the molecule is CC(C)n1nc(C(=O)NC2CC3CCC(C2)N3CCN2CCC[C@H](NS(=O)(=O)CS(C)(=O)=O)C2)c2ccccc21. The molecule has 2 N–H and O–H groups in total. The molecule has 222 valence electrons. The molecule has 0 aliphatic carbocycles. The van der Waals surface area contributed by atoms with Crippen molar-refractivity contribution in [2.45, 2.75) is 82.6 Å². The lowest BCUT2D eigenvalue weighted by molar-refractivity contribution is 0.0785. The van der Waals surface area contributed by atoms with Crippen LogP contribution in [-0.2, 0) is 19.9 Å². The van der Waals surface area contributed by atoms with Crippen LogP contribution >= 0.6 is 0 Å². The fraction of sp³-hybridized carbons (Fsp3) is 0.704. The number of likely N-dealkylation sites (tertiary alicyclic amines) is 1. The molecule has 0 spiro atoms. The molecule has 3 aliphatic heterocycles. The summed E-state index contributed by atoms with van der Waals surface area (Å²) in [6.45, 7) is 7.37. The average molecular weight is 595 g/mol. The molecule has 13 heteroatoms. The van der Waals surface area contributed by atoms with E-state index in [0.717, 1.165) is 68.9 Å². The van der Waals surface area contributed by atoms with Crippen molar-refractivity contribution in [3.05, 3.63) is 30.0 Å². The second-order valence-corrected chi connectivity index (χ2v) is 16.3. The zero-order valence-corrected chi connectivity index (χ0v) is 25.3. The minimum absolute atomic E-state index is 0.105. The summed E-state index contributed by atoms with van der Waals surface area (Å²) >= 11 is 0. The lowest BCUT2D eigenvalue weighted by atomic mass is 9.97. The van der Waals surface area contributed by atoms with Gasteiger partial charge in [-0.1, -0.05) is 18.2 Å². The third kappa shape index (κ3) is 6.87. The number of hydrogen-bond acceptors (Lipinski definition) is 8. The molecule has 2 bridgehead atoms. The van der Waals surface area contributed by atoms with E-state index in [4.69, 9.17) is 0 Å². The number of hydrogen-bond donors (Lipinski definition) is 2. The van der Waals surface area contributed by atoms with E-state index in [0.29, 0.717) is 30.7 Å². The van der Waals surface area contributed by atoms with Gasteiger partial charge >= 0.3 is 0 Å². The topological polar surface area (TPSA) is 134 Å². The zero-order chi connectivity index (χ0) is 28.7. The van der Waals surface area contributed by atoms with Gasteiger partial charge < -0.3 is 10.2 Å². The number of carbonyl (C=O) groups is 1. The number of nitrogens with zero attached hydrogens (tertiary/aromatic N) is 4. The zero-order valence-electron chi connectivity index (χ0n) is 23.6. The fourth-order valence-corrected chi connectivity index (χ4v) is 10.1. The number of fused-ring (bicyclic) bond motifs is 3. The number of amides is 1. The Morgan fingerprint density at radius 2 is 1.73 bits per heavy atom. The molecule has 3 fully saturated rings. The number of nitrogens with one attached hydrogen (secondary N) is 2. The fourth-order valence-electron chi connectivity index (χ4n) is 6.84. The van der Waals surface area contributed by atoms with E-state index >= 15 is 0 Å². The number of sulfone groups is 1. The van der Waals surface area contributed by atoms with Crippen LogP contribution in [0.1, 0.15) is 68.9 Å². The summed E-state index contributed by atoms with van der Waals surface area (Å²) in [4.78, 5) is 18.2. The van der Waals surface area contributed by atoms with Crippen LogP contribution in [0.25, 0.3) is 10.9 Å². The molecular formula is C27H42N6O5S2. The number of rotatable bonds is 10. The lowest BCUT2D eigenvalue weighted by Gasteiger charge is -2.41. The highest BCUT2D eigenvalue weighted by Crippen LogP contribution is 2.36. The number of sulfonamides is 1. The molecule has 5 rings (SSSR count). The van der Waals surface area contributed by atoms with Crippen molar-refractivity contribution < 1.29 is 21.6 Å². The normalized spacial score (nSPS) is 26.5. The van der Waals surface area contributed by atoms with Crippen LogP contribution in [0.4, 0.5) is 0 Å².